The molecule has 0 saturated heterocycles. The van der Waals surface area contributed by atoms with Gasteiger partial charge < -0.3 is 4.74 Å². The van der Waals surface area contributed by atoms with Gasteiger partial charge in [0.25, 0.3) is 11.6 Å². The zero-order valence-corrected chi connectivity index (χ0v) is 14.5. The molecule has 1 amide bonds. The lowest BCUT2D eigenvalue weighted by Crippen LogP contribution is -2.20. The van der Waals surface area contributed by atoms with E-state index in [1.165, 1.54) is 19.2 Å². The Kier molecular flexibility index (Phi) is 5.49. The van der Waals surface area contributed by atoms with Crippen molar-refractivity contribution < 1.29 is 14.5 Å². The average Bonchev–Trinajstić information content (AvgIpc) is 2.60. The van der Waals surface area contributed by atoms with Gasteiger partial charge in [0.05, 0.1) is 23.3 Å². The molecule has 2 aromatic carbocycles. The van der Waals surface area contributed by atoms with Crippen molar-refractivity contribution in [3.8, 4) is 5.75 Å². The number of hydrogen-bond acceptors (Lipinski definition) is 5. The molecule has 1 N–H and O–H groups in total. The van der Waals surface area contributed by atoms with E-state index in [-0.39, 0.29) is 17.0 Å². The normalized spacial score (nSPS) is 11.1. The van der Waals surface area contributed by atoms with Crippen LogP contribution in [0.3, 0.4) is 0 Å². The lowest BCUT2D eigenvalue weighted by atomic mass is 10.0. The predicted molar refractivity (Wildman–Crippen MR) is 95.2 cm³/mol. The van der Waals surface area contributed by atoms with Crippen LogP contribution >= 0.6 is 0 Å². The molecular formula is C18H19N3O4. The monoisotopic (exact) mass is 341 g/mol. The maximum absolute atomic E-state index is 12.4. The molecule has 0 saturated carbocycles. The molecule has 0 spiro atoms. The van der Waals surface area contributed by atoms with Crippen LogP contribution in [-0.2, 0) is 0 Å². The molecule has 0 fully saturated rings. The molecule has 130 valence electrons. The van der Waals surface area contributed by atoms with E-state index in [0.717, 1.165) is 22.8 Å². The topological polar surface area (TPSA) is 93.8 Å². The number of methoxy groups -OCH3 is 1. The first-order chi connectivity index (χ1) is 11.8. The van der Waals surface area contributed by atoms with Gasteiger partial charge >= 0.3 is 0 Å². The molecule has 2 aromatic rings. The Bertz CT molecular complexity index is 859. The minimum atomic E-state index is -0.579. The fourth-order valence-electron chi connectivity index (χ4n) is 2.37. The molecular weight excluding hydrogens is 322 g/mol. The lowest BCUT2D eigenvalue weighted by Gasteiger charge is -2.09. The number of hydrazone groups is 1. The molecule has 0 radical (unpaired) electrons. The minimum Gasteiger partial charge on any atom is -0.496 e. The third-order valence-corrected chi connectivity index (χ3v) is 3.75. The number of hydrogen-bond donors (Lipinski definition) is 1. The van der Waals surface area contributed by atoms with Crippen LogP contribution in [0.5, 0.6) is 5.75 Å². The maximum atomic E-state index is 12.4. The number of amides is 1. The van der Waals surface area contributed by atoms with E-state index in [2.05, 4.69) is 10.5 Å². The van der Waals surface area contributed by atoms with Gasteiger partial charge in [0, 0.05) is 17.7 Å². The first-order valence-electron chi connectivity index (χ1n) is 7.58. The molecule has 2 rings (SSSR count). The van der Waals surface area contributed by atoms with Crippen LogP contribution in [0.1, 0.15) is 34.0 Å². The summed E-state index contributed by atoms with van der Waals surface area (Å²) in [5.74, 6) is -0.340. The van der Waals surface area contributed by atoms with Crippen LogP contribution in [0.15, 0.2) is 41.5 Å². The Morgan fingerprint density at radius 2 is 1.88 bits per heavy atom. The van der Waals surface area contributed by atoms with E-state index in [9.17, 15) is 14.9 Å². The van der Waals surface area contributed by atoms with Crippen molar-refractivity contribution in [3.63, 3.8) is 0 Å². The quantitative estimate of drug-likeness (QED) is 0.512. The van der Waals surface area contributed by atoms with Gasteiger partial charge in [-0.25, -0.2) is 5.43 Å². The Morgan fingerprint density at radius 1 is 1.16 bits per heavy atom. The Labute approximate surface area is 145 Å². The van der Waals surface area contributed by atoms with E-state index in [0.29, 0.717) is 5.71 Å². The molecule has 0 aliphatic carbocycles. The lowest BCUT2D eigenvalue weighted by molar-refractivity contribution is -0.384. The minimum absolute atomic E-state index is 0.0502. The number of nitrogens with one attached hydrogen (secondary N) is 1. The number of ether oxygens (including phenoxy) is 1. The number of carbonyl (C=O) groups excluding carboxylic acids is 1. The van der Waals surface area contributed by atoms with Crippen LogP contribution in [0.2, 0.25) is 0 Å². The molecule has 0 bridgehead atoms. The molecule has 0 heterocycles. The fraction of sp³-hybridized carbons (Fsp3) is 0.222. The van der Waals surface area contributed by atoms with Crippen LogP contribution < -0.4 is 10.2 Å². The summed E-state index contributed by atoms with van der Waals surface area (Å²) in [6.07, 6.45) is 0. The number of nitrogens with zero attached hydrogens (tertiary/aromatic N) is 2. The first-order valence-corrected chi connectivity index (χ1v) is 7.58. The maximum Gasteiger partial charge on any atom is 0.275 e. The molecule has 0 aliphatic heterocycles. The van der Waals surface area contributed by atoms with Crippen molar-refractivity contribution in [2.24, 2.45) is 5.10 Å². The molecule has 0 atom stereocenters. The molecule has 7 heteroatoms. The van der Waals surface area contributed by atoms with Gasteiger partial charge in [-0.1, -0.05) is 17.7 Å². The van der Waals surface area contributed by atoms with Gasteiger partial charge in [-0.3, -0.25) is 14.9 Å². The van der Waals surface area contributed by atoms with Crippen molar-refractivity contribution in [1.29, 1.82) is 0 Å². The van der Waals surface area contributed by atoms with Gasteiger partial charge in [-0.15, -0.1) is 0 Å². The highest BCUT2D eigenvalue weighted by Crippen LogP contribution is 2.23. The Hall–Kier alpha value is -3.22. The molecule has 7 nitrogen and oxygen atoms in total. The highest BCUT2D eigenvalue weighted by atomic mass is 16.6. The van der Waals surface area contributed by atoms with Crippen molar-refractivity contribution in [1.82, 2.24) is 5.43 Å². The fourth-order valence-corrected chi connectivity index (χ4v) is 2.37. The van der Waals surface area contributed by atoms with Crippen molar-refractivity contribution in [2.75, 3.05) is 7.11 Å². The van der Waals surface area contributed by atoms with E-state index in [4.69, 9.17) is 4.74 Å². The van der Waals surface area contributed by atoms with Crippen molar-refractivity contribution in [2.45, 2.75) is 20.8 Å². The number of rotatable bonds is 5. The van der Waals surface area contributed by atoms with E-state index in [1.807, 2.05) is 32.0 Å². The SMILES string of the molecule is COc1ccc([N+](=O)[O-])cc1C(=O)N/N=C(/C)c1cc(C)ccc1C. The summed E-state index contributed by atoms with van der Waals surface area (Å²) < 4.78 is 5.10. The number of benzene rings is 2. The number of nitro groups is 1. The highest BCUT2D eigenvalue weighted by molar-refractivity contribution is 6.02. The molecule has 0 aliphatic rings. The van der Waals surface area contributed by atoms with Crippen LogP contribution in [0, 0.1) is 24.0 Å². The van der Waals surface area contributed by atoms with Gasteiger partial charge in [-0.05, 0) is 38.5 Å². The summed E-state index contributed by atoms with van der Waals surface area (Å²) in [7, 11) is 1.39. The summed E-state index contributed by atoms with van der Waals surface area (Å²) >= 11 is 0. The standard InChI is InChI=1S/C18H19N3O4/c1-11-5-6-12(2)15(9-11)13(3)19-20-18(22)16-10-14(21(23)24)7-8-17(16)25-4/h5-10H,1-4H3,(H,20,22)/b19-13-. The van der Waals surface area contributed by atoms with Crippen molar-refractivity contribution >= 4 is 17.3 Å². The third-order valence-electron chi connectivity index (χ3n) is 3.75. The molecule has 25 heavy (non-hydrogen) atoms. The largest absolute Gasteiger partial charge is 0.496 e. The Balaban J connectivity index is 2.29. The summed E-state index contributed by atoms with van der Waals surface area (Å²) in [4.78, 5) is 22.7. The molecule has 0 aromatic heterocycles. The average molecular weight is 341 g/mol. The van der Waals surface area contributed by atoms with Crippen molar-refractivity contribution in [3.05, 3.63) is 68.8 Å². The van der Waals surface area contributed by atoms with E-state index >= 15 is 0 Å². The zero-order valence-electron chi connectivity index (χ0n) is 14.5. The number of non-ortho nitro benzene ring substituents is 1. The zero-order chi connectivity index (χ0) is 18.6. The van der Waals surface area contributed by atoms with Crippen LogP contribution in [-0.4, -0.2) is 23.7 Å². The van der Waals surface area contributed by atoms with E-state index < -0.39 is 10.8 Å². The number of carbonyl (C=O) groups is 1. The van der Waals surface area contributed by atoms with Crippen LogP contribution in [0.25, 0.3) is 0 Å². The number of aryl methyl sites for hydroxylation is 2. The van der Waals surface area contributed by atoms with Crippen LogP contribution in [0.4, 0.5) is 5.69 Å². The molecule has 0 unspecified atom stereocenters. The van der Waals surface area contributed by atoms with Gasteiger partial charge in [0.2, 0.25) is 0 Å². The second kappa shape index (κ2) is 7.57. The smallest absolute Gasteiger partial charge is 0.275 e. The highest BCUT2D eigenvalue weighted by Gasteiger charge is 2.17. The summed E-state index contributed by atoms with van der Waals surface area (Å²) in [5, 5.41) is 15.0. The summed E-state index contributed by atoms with van der Waals surface area (Å²) in [6, 6.07) is 9.79. The second-order valence-corrected chi connectivity index (χ2v) is 5.60. The van der Waals surface area contributed by atoms with E-state index in [1.54, 1.807) is 6.92 Å². The first kappa shape index (κ1) is 18.1. The predicted octanol–water partition coefficient (Wildman–Crippen LogP) is 3.37. The van der Waals surface area contributed by atoms with Gasteiger partial charge in [0.1, 0.15) is 5.75 Å². The van der Waals surface area contributed by atoms with Gasteiger partial charge in [-0.2, -0.15) is 5.10 Å². The van der Waals surface area contributed by atoms with Gasteiger partial charge in [0.15, 0.2) is 0 Å². The third kappa shape index (κ3) is 4.20. The Morgan fingerprint density at radius 3 is 2.52 bits per heavy atom. The summed E-state index contributed by atoms with van der Waals surface area (Å²) in [5.41, 5.74) is 5.97. The summed E-state index contributed by atoms with van der Waals surface area (Å²) in [6.45, 7) is 5.72. The second-order valence-electron chi connectivity index (χ2n) is 5.60. The number of nitro benzene ring substituents is 1.